The third-order valence-corrected chi connectivity index (χ3v) is 3.33. The summed E-state index contributed by atoms with van der Waals surface area (Å²) in [7, 11) is 0. The van der Waals surface area contributed by atoms with Crippen LogP contribution in [0.25, 0.3) is 0 Å². The average Bonchev–Trinajstić information content (AvgIpc) is 3.27. The second kappa shape index (κ2) is 5.73. The van der Waals surface area contributed by atoms with Gasteiger partial charge < -0.3 is 10.1 Å². The molecule has 1 saturated carbocycles. The Morgan fingerprint density at radius 1 is 1.33 bits per heavy atom. The van der Waals surface area contributed by atoms with E-state index < -0.39 is 11.6 Å². The van der Waals surface area contributed by atoms with Crippen molar-refractivity contribution < 1.29 is 13.5 Å². The standard InChI is InChI=1S/C15H15F2N3O/c1-9-10(7-18-11-5-6-11)8-19-15(20-9)21-13-4-2-3-12(16)14(13)17/h2-4,8,11,18H,5-7H2,1H3. The first-order valence-corrected chi connectivity index (χ1v) is 6.81. The zero-order valence-corrected chi connectivity index (χ0v) is 11.6. The maximum Gasteiger partial charge on any atom is 0.322 e. The Hall–Kier alpha value is -2.08. The van der Waals surface area contributed by atoms with E-state index in [1.54, 1.807) is 6.20 Å². The summed E-state index contributed by atoms with van der Waals surface area (Å²) in [6, 6.07) is 4.34. The van der Waals surface area contributed by atoms with Gasteiger partial charge in [-0.2, -0.15) is 9.37 Å². The molecule has 0 bridgehead atoms. The van der Waals surface area contributed by atoms with Gasteiger partial charge in [0.2, 0.25) is 5.82 Å². The lowest BCUT2D eigenvalue weighted by Gasteiger charge is -2.09. The fourth-order valence-electron chi connectivity index (χ4n) is 1.90. The van der Waals surface area contributed by atoms with Crippen LogP contribution in [0.1, 0.15) is 24.1 Å². The highest BCUT2D eigenvalue weighted by Crippen LogP contribution is 2.24. The van der Waals surface area contributed by atoms with E-state index in [-0.39, 0.29) is 11.8 Å². The Balaban J connectivity index is 1.73. The van der Waals surface area contributed by atoms with E-state index in [0.29, 0.717) is 12.6 Å². The molecule has 0 spiro atoms. The number of benzene rings is 1. The summed E-state index contributed by atoms with van der Waals surface area (Å²) in [5, 5.41) is 3.37. The molecule has 0 radical (unpaired) electrons. The molecule has 6 heteroatoms. The van der Waals surface area contributed by atoms with E-state index >= 15 is 0 Å². The minimum absolute atomic E-state index is 0.00664. The molecule has 1 heterocycles. The third kappa shape index (κ3) is 3.33. The van der Waals surface area contributed by atoms with Gasteiger partial charge in [0.15, 0.2) is 11.6 Å². The molecule has 0 atom stereocenters. The van der Waals surface area contributed by atoms with Crippen LogP contribution in [0.3, 0.4) is 0 Å². The van der Waals surface area contributed by atoms with Gasteiger partial charge in [-0.25, -0.2) is 9.37 Å². The van der Waals surface area contributed by atoms with Crippen LogP contribution in [0.2, 0.25) is 0 Å². The van der Waals surface area contributed by atoms with Crippen LogP contribution in [0.15, 0.2) is 24.4 Å². The van der Waals surface area contributed by atoms with Crippen molar-refractivity contribution in [1.29, 1.82) is 0 Å². The molecule has 0 amide bonds. The van der Waals surface area contributed by atoms with Gasteiger partial charge in [-0.05, 0) is 31.9 Å². The SMILES string of the molecule is Cc1nc(Oc2cccc(F)c2F)ncc1CNC1CC1. The first kappa shape index (κ1) is 13.9. The van der Waals surface area contributed by atoms with E-state index in [4.69, 9.17) is 4.74 Å². The second-order valence-corrected chi connectivity index (χ2v) is 5.07. The third-order valence-electron chi connectivity index (χ3n) is 3.33. The topological polar surface area (TPSA) is 47.0 Å². The number of nitrogens with zero attached hydrogens (tertiary/aromatic N) is 2. The van der Waals surface area contributed by atoms with Gasteiger partial charge in [0, 0.05) is 30.0 Å². The maximum absolute atomic E-state index is 13.5. The summed E-state index contributed by atoms with van der Waals surface area (Å²) < 4.78 is 31.8. The average molecular weight is 291 g/mol. The lowest BCUT2D eigenvalue weighted by Crippen LogP contribution is -2.16. The van der Waals surface area contributed by atoms with Crippen LogP contribution in [0.5, 0.6) is 11.8 Å². The molecular weight excluding hydrogens is 276 g/mol. The Morgan fingerprint density at radius 3 is 2.86 bits per heavy atom. The number of nitrogens with one attached hydrogen (secondary N) is 1. The number of aryl methyl sites for hydroxylation is 1. The van der Waals surface area contributed by atoms with Gasteiger partial charge in [0.05, 0.1) is 0 Å². The zero-order chi connectivity index (χ0) is 14.8. The lowest BCUT2D eigenvalue weighted by atomic mass is 10.2. The van der Waals surface area contributed by atoms with Gasteiger partial charge in [-0.3, -0.25) is 0 Å². The van der Waals surface area contributed by atoms with E-state index in [1.165, 1.54) is 25.0 Å². The summed E-state index contributed by atoms with van der Waals surface area (Å²) >= 11 is 0. The van der Waals surface area contributed by atoms with Gasteiger partial charge in [0.1, 0.15) is 0 Å². The molecule has 110 valence electrons. The predicted molar refractivity (Wildman–Crippen MR) is 73.1 cm³/mol. The number of hydrogen-bond acceptors (Lipinski definition) is 4. The number of rotatable bonds is 5. The molecule has 4 nitrogen and oxygen atoms in total. The van der Waals surface area contributed by atoms with Crippen LogP contribution in [0, 0.1) is 18.6 Å². The molecule has 3 rings (SSSR count). The Morgan fingerprint density at radius 2 is 2.14 bits per heavy atom. The molecule has 1 fully saturated rings. The molecule has 1 aromatic carbocycles. The van der Waals surface area contributed by atoms with Crippen LogP contribution in [0.4, 0.5) is 8.78 Å². The van der Waals surface area contributed by atoms with Crippen molar-refractivity contribution in [1.82, 2.24) is 15.3 Å². The minimum atomic E-state index is -1.04. The Labute approximate surface area is 121 Å². The lowest BCUT2D eigenvalue weighted by molar-refractivity contribution is 0.391. The van der Waals surface area contributed by atoms with Crippen molar-refractivity contribution in [2.75, 3.05) is 0 Å². The van der Waals surface area contributed by atoms with Crippen LogP contribution < -0.4 is 10.1 Å². The quantitative estimate of drug-likeness (QED) is 0.919. The van der Waals surface area contributed by atoms with Crippen LogP contribution in [-0.2, 0) is 6.54 Å². The summed E-state index contributed by atoms with van der Waals surface area (Å²) in [6.07, 6.45) is 4.06. The largest absolute Gasteiger partial charge is 0.421 e. The van der Waals surface area contributed by atoms with Crippen LogP contribution >= 0.6 is 0 Å². The molecular formula is C15H15F2N3O. The predicted octanol–water partition coefficient (Wildman–Crippen LogP) is 3.11. The summed E-state index contributed by atoms with van der Waals surface area (Å²) in [4.78, 5) is 8.22. The van der Waals surface area contributed by atoms with E-state index in [1.807, 2.05) is 6.92 Å². The summed E-state index contributed by atoms with van der Waals surface area (Å²) in [5.41, 5.74) is 1.72. The first-order valence-electron chi connectivity index (χ1n) is 6.81. The van der Waals surface area contributed by atoms with Crippen molar-refractivity contribution in [3.63, 3.8) is 0 Å². The van der Waals surface area contributed by atoms with Gasteiger partial charge >= 0.3 is 6.01 Å². The van der Waals surface area contributed by atoms with Crippen LogP contribution in [-0.4, -0.2) is 16.0 Å². The monoisotopic (exact) mass is 291 g/mol. The number of halogens is 2. The number of hydrogen-bond donors (Lipinski definition) is 1. The first-order chi connectivity index (χ1) is 10.1. The smallest absolute Gasteiger partial charge is 0.322 e. The van der Waals surface area contributed by atoms with Crippen molar-refractivity contribution >= 4 is 0 Å². The van der Waals surface area contributed by atoms with Crippen molar-refractivity contribution in [2.45, 2.75) is 32.4 Å². The van der Waals surface area contributed by atoms with E-state index in [2.05, 4.69) is 15.3 Å². The highest BCUT2D eigenvalue weighted by atomic mass is 19.2. The molecule has 1 aliphatic rings. The fraction of sp³-hybridized carbons (Fsp3) is 0.333. The van der Waals surface area contributed by atoms with Crippen molar-refractivity contribution in [3.8, 4) is 11.8 Å². The second-order valence-electron chi connectivity index (χ2n) is 5.07. The van der Waals surface area contributed by atoms with Gasteiger partial charge in [0.25, 0.3) is 0 Å². The highest BCUT2D eigenvalue weighted by Gasteiger charge is 2.20. The summed E-state index contributed by atoms with van der Waals surface area (Å²) in [6.45, 7) is 2.53. The molecule has 2 aromatic rings. The zero-order valence-electron chi connectivity index (χ0n) is 11.6. The minimum Gasteiger partial charge on any atom is -0.421 e. The van der Waals surface area contributed by atoms with E-state index in [9.17, 15) is 8.78 Å². The molecule has 0 saturated heterocycles. The van der Waals surface area contributed by atoms with Gasteiger partial charge in [-0.15, -0.1) is 0 Å². The van der Waals surface area contributed by atoms with Crippen molar-refractivity contribution in [3.05, 3.63) is 47.3 Å². The molecule has 1 N–H and O–H groups in total. The van der Waals surface area contributed by atoms with Crippen molar-refractivity contribution in [2.24, 2.45) is 0 Å². The van der Waals surface area contributed by atoms with Gasteiger partial charge in [-0.1, -0.05) is 6.07 Å². The number of aromatic nitrogens is 2. The maximum atomic E-state index is 13.5. The molecule has 21 heavy (non-hydrogen) atoms. The van der Waals surface area contributed by atoms with E-state index in [0.717, 1.165) is 17.3 Å². The Kier molecular flexibility index (Phi) is 3.79. The molecule has 0 aliphatic heterocycles. The Bertz CT molecular complexity index is 659. The molecule has 1 aromatic heterocycles. The summed E-state index contributed by atoms with van der Waals surface area (Å²) in [5.74, 6) is -2.23. The molecule has 0 unspecified atom stereocenters. The normalized spacial score (nSPS) is 14.2. The molecule has 1 aliphatic carbocycles. The highest BCUT2D eigenvalue weighted by molar-refractivity contribution is 5.28. The number of ether oxygens (including phenoxy) is 1. The fourth-order valence-corrected chi connectivity index (χ4v) is 1.90.